The maximum atomic E-state index is 12.2. The number of hydrogen-bond donors (Lipinski definition) is 1. The first-order chi connectivity index (χ1) is 13.0. The standard InChI is InChI=1S/C20H23N3O4/c1-15(24)22-11-8-17(9-12-22)19(25)21-10-2-3-16-4-6-18(7-5-16)23-13-14-27-20(23)26/h4-7,17H,8-14H2,1H3,(H,21,25). The Hall–Kier alpha value is -3.01. The van der Waals surface area contributed by atoms with Gasteiger partial charge in [-0.25, -0.2) is 4.79 Å². The zero-order chi connectivity index (χ0) is 19.2. The molecule has 0 saturated carbocycles. The van der Waals surface area contributed by atoms with E-state index in [0.29, 0.717) is 39.1 Å². The van der Waals surface area contributed by atoms with Gasteiger partial charge in [-0.2, -0.15) is 0 Å². The van der Waals surface area contributed by atoms with E-state index in [0.717, 1.165) is 11.3 Å². The van der Waals surface area contributed by atoms with Crippen molar-refractivity contribution in [1.82, 2.24) is 10.2 Å². The number of carbonyl (C=O) groups is 3. The molecule has 0 radical (unpaired) electrons. The number of hydrogen-bond acceptors (Lipinski definition) is 4. The molecule has 142 valence electrons. The van der Waals surface area contributed by atoms with E-state index in [4.69, 9.17) is 4.74 Å². The van der Waals surface area contributed by atoms with E-state index in [1.807, 2.05) is 24.3 Å². The Morgan fingerprint density at radius 3 is 2.48 bits per heavy atom. The van der Waals surface area contributed by atoms with Crippen LogP contribution in [0.2, 0.25) is 0 Å². The van der Waals surface area contributed by atoms with E-state index >= 15 is 0 Å². The van der Waals surface area contributed by atoms with Crippen molar-refractivity contribution in [2.75, 3.05) is 37.7 Å². The zero-order valence-corrected chi connectivity index (χ0v) is 15.4. The molecule has 0 aromatic heterocycles. The SMILES string of the molecule is CC(=O)N1CCC(C(=O)NCC#Cc2ccc(N3CCOC3=O)cc2)CC1. The van der Waals surface area contributed by atoms with Gasteiger partial charge in [-0.05, 0) is 37.1 Å². The summed E-state index contributed by atoms with van der Waals surface area (Å²) in [6, 6.07) is 7.34. The fourth-order valence-electron chi connectivity index (χ4n) is 3.23. The summed E-state index contributed by atoms with van der Waals surface area (Å²) >= 11 is 0. The van der Waals surface area contributed by atoms with Gasteiger partial charge >= 0.3 is 6.09 Å². The molecule has 1 N–H and O–H groups in total. The van der Waals surface area contributed by atoms with Crippen molar-refractivity contribution >= 4 is 23.6 Å². The third kappa shape index (κ3) is 4.79. The molecule has 0 aliphatic carbocycles. The molecule has 2 saturated heterocycles. The third-order valence-corrected chi connectivity index (χ3v) is 4.83. The smallest absolute Gasteiger partial charge is 0.414 e. The third-order valence-electron chi connectivity index (χ3n) is 4.83. The van der Waals surface area contributed by atoms with Gasteiger partial charge in [0, 0.05) is 37.2 Å². The Morgan fingerprint density at radius 2 is 1.89 bits per heavy atom. The van der Waals surface area contributed by atoms with Crippen molar-refractivity contribution in [3.8, 4) is 11.8 Å². The number of amides is 3. The molecule has 3 rings (SSSR count). The highest BCUT2D eigenvalue weighted by Crippen LogP contribution is 2.19. The van der Waals surface area contributed by atoms with E-state index in [1.54, 1.807) is 16.7 Å². The first-order valence-corrected chi connectivity index (χ1v) is 9.11. The predicted molar refractivity (Wildman–Crippen MR) is 100 cm³/mol. The van der Waals surface area contributed by atoms with E-state index < -0.39 is 0 Å². The van der Waals surface area contributed by atoms with Gasteiger partial charge in [0.2, 0.25) is 11.8 Å². The summed E-state index contributed by atoms with van der Waals surface area (Å²) in [5.41, 5.74) is 1.60. The minimum absolute atomic E-state index is 0.00426. The van der Waals surface area contributed by atoms with Gasteiger partial charge < -0.3 is 15.0 Å². The summed E-state index contributed by atoms with van der Waals surface area (Å²) in [4.78, 5) is 38.4. The Balaban J connectivity index is 1.44. The van der Waals surface area contributed by atoms with E-state index in [2.05, 4.69) is 17.2 Å². The minimum atomic E-state index is -0.328. The van der Waals surface area contributed by atoms with E-state index in [9.17, 15) is 14.4 Å². The number of piperidine rings is 1. The lowest BCUT2D eigenvalue weighted by Crippen LogP contribution is -2.42. The Kier molecular flexibility index (Phi) is 5.97. The van der Waals surface area contributed by atoms with Crippen LogP contribution in [0.15, 0.2) is 24.3 Å². The molecular weight excluding hydrogens is 346 g/mol. The van der Waals surface area contributed by atoms with E-state index in [1.165, 1.54) is 0 Å². The molecular formula is C20H23N3O4. The molecule has 2 aliphatic heterocycles. The second kappa shape index (κ2) is 8.58. The highest BCUT2D eigenvalue weighted by atomic mass is 16.6. The van der Waals surface area contributed by atoms with Crippen LogP contribution in [0.5, 0.6) is 0 Å². The molecule has 3 amide bonds. The summed E-state index contributed by atoms with van der Waals surface area (Å²) in [6.45, 7) is 4.08. The van der Waals surface area contributed by atoms with E-state index in [-0.39, 0.29) is 30.4 Å². The Labute approximate surface area is 158 Å². The number of anilines is 1. The van der Waals surface area contributed by atoms with Crippen LogP contribution < -0.4 is 10.2 Å². The van der Waals surface area contributed by atoms with Gasteiger partial charge in [-0.3, -0.25) is 14.5 Å². The van der Waals surface area contributed by atoms with Crippen LogP contribution in [0.3, 0.4) is 0 Å². The molecule has 0 spiro atoms. The number of nitrogens with zero attached hydrogens (tertiary/aromatic N) is 2. The average molecular weight is 369 g/mol. The monoisotopic (exact) mass is 369 g/mol. The molecule has 0 unspecified atom stereocenters. The summed E-state index contributed by atoms with van der Waals surface area (Å²) in [6.07, 6.45) is 1.06. The quantitative estimate of drug-likeness (QED) is 0.817. The topological polar surface area (TPSA) is 79.0 Å². The molecule has 7 nitrogen and oxygen atoms in total. The average Bonchev–Trinajstić information content (AvgIpc) is 3.11. The van der Waals surface area contributed by atoms with Crippen LogP contribution in [-0.4, -0.2) is 55.6 Å². The molecule has 2 aliphatic rings. The minimum Gasteiger partial charge on any atom is -0.447 e. The zero-order valence-electron chi connectivity index (χ0n) is 15.4. The first kappa shape index (κ1) is 18.8. The number of ether oxygens (including phenoxy) is 1. The summed E-state index contributed by atoms with van der Waals surface area (Å²) in [7, 11) is 0. The van der Waals surface area contributed by atoms with Gasteiger partial charge in [0.05, 0.1) is 13.1 Å². The van der Waals surface area contributed by atoms with Crippen LogP contribution >= 0.6 is 0 Å². The number of rotatable bonds is 3. The Morgan fingerprint density at radius 1 is 1.19 bits per heavy atom. The highest BCUT2D eigenvalue weighted by molar-refractivity contribution is 5.89. The van der Waals surface area contributed by atoms with Crippen molar-refractivity contribution in [3.63, 3.8) is 0 Å². The van der Waals surface area contributed by atoms with Crippen LogP contribution in [0.25, 0.3) is 0 Å². The molecule has 0 bridgehead atoms. The van der Waals surface area contributed by atoms with Crippen molar-refractivity contribution in [2.45, 2.75) is 19.8 Å². The highest BCUT2D eigenvalue weighted by Gasteiger charge is 2.25. The lowest BCUT2D eigenvalue weighted by atomic mass is 9.96. The molecule has 0 atom stereocenters. The number of cyclic esters (lactones) is 1. The van der Waals surface area contributed by atoms with Crippen LogP contribution in [-0.2, 0) is 14.3 Å². The second-order valence-corrected chi connectivity index (χ2v) is 6.61. The largest absolute Gasteiger partial charge is 0.447 e. The molecule has 1 aromatic carbocycles. The van der Waals surface area contributed by atoms with Gasteiger partial charge in [-0.15, -0.1) is 0 Å². The number of nitrogens with one attached hydrogen (secondary N) is 1. The van der Waals surface area contributed by atoms with Crippen LogP contribution in [0.4, 0.5) is 10.5 Å². The molecule has 27 heavy (non-hydrogen) atoms. The number of likely N-dealkylation sites (tertiary alicyclic amines) is 1. The summed E-state index contributed by atoms with van der Waals surface area (Å²) in [5.74, 6) is 5.95. The maximum Gasteiger partial charge on any atom is 0.414 e. The molecule has 2 heterocycles. The van der Waals surface area contributed by atoms with Gasteiger partial charge in [0.1, 0.15) is 6.61 Å². The maximum absolute atomic E-state index is 12.2. The van der Waals surface area contributed by atoms with Crippen LogP contribution in [0, 0.1) is 17.8 Å². The van der Waals surface area contributed by atoms with Crippen molar-refractivity contribution < 1.29 is 19.1 Å². The lowest BCUT2D eigenvalue weighted by molar-refractivity contribution is -0.133. The lowest BCUT2D eigenvalue weighted by Gasteiger charge is -2.30. The number of benzene rings is 1. The fraction of sp³-hybridized carbons (Fsp3) is 0.450. The van der Waals surface area contributed by atoms with Crippen LogP contribution in [0.1, 0.15) is 25.3 Å². The van der Waals surface area contributed by atoms with Crippen molar-refractivity contribution in [3.05, 3.63) is 29.8 Å². The second-order valence-electron chi connectivity index (χ2n) is 6.61. The predicted octanol–water partition coefficient (Wildman–Crippen LogP) is 1.37. The molecule has 7 heteroatoms. The van der Waals surface area contributed by atoms with Gasteiger partial charge in [-0.1, -0.05) is 11.8 Å². The number of carbonyl (C=O) groups excluding carboxylic acids is 3. The van der Waals surface area contributed by atoms with Crippen molar-refractivity contribution in [1.29, 1.82) is 0 Å². The summed E-state index contributed by atoms with van der Waals surface area (Å²) in [5, 5.41) is 2.84. The van der Waals surface area contributed by atoms with Gasteiger partial charge in [0.15, 0.2) is 0 Å². The van der Waals surface area contributed by atoms with Crippen molar-refractivity contribution in [2.24, 2.45) is 5.92 Å². The molecule has 2 fully saturated rings. The van der Waals surface area contributed by atoms with Gasteiger partial charge in [0.25, 0.3) is 0 Å². The molecule has 1 aromatic rings. The Bertz CT molecular complexity index is 771. The normalized spacial score (nSPS) is 17.1. The first-order valence-electron chi connectivity index (χ1n) is 9.11. The summed E-state index contributed by atoms with van der Waals surface area (Å²) < 4.78 is 4.92. The fourth-order valence-corrected chi connectivity index (χ4v) is 3.23.